The molecule has 0 bridgehead atoms. The Morgan fingerprint density at radius 3 is 2.75 bits per heavy atom. The van der Waals surface area contributed by atoms with Crippen LogP contribution in [-0.2, 0) is 4.79 Å². The lowest BCUT2D eigenvalue weighted by molar-refractivity contribution is -0.133. The average molecular weight is 277 g/mol. The molecule has 0 aromatic rings. The number of amides is 1. The maximum absolute atomic E-state index is 12.9. The van der Waals surface area contributed by atoms with E-state index < -0.39 is 0 Å². The quantitative estimate of drug-likeness (QED) is 0.850. The molecule has 3 unspecified atom stereocenters. The highest BCUT2D eigenvalue weighted by Gasteiger charge is 2.61. The topological polar surface area (TPSA) is 35.6 Å². The summed E-state index contributed by atoms with van der Waals surface area (Å²) in [6, 6.07) is 1.12. The van der Waals surface area contributed by atoms with Gasteiger partial charge in [0.05, 0.1) is 17.7 Å². The van der Waals surface area contributed by atoms with Crippen molar-refractivity contribution in [1.82, 2.24) is 15.1 Å². The zero-order valence-electron chi connectivity index (χ0n) is 12.8. The highest BCUT2D eigenvalue weighted by atomic mass is 16.2. The first kappa shape index (κ1) is 13.1. The first-order valence-electron chi connectivity index (χ1n) is 8.45. The van der Waals surface area contributed by atoms with Crippen molar-refractivity contribution >= 4 is 5.91 Å². The van der Waals surface area contributed by atoms with Crippen LogP contribution in [-0.4, -0.2) is 52.6 Å². The van der Waals surface area contributed by atoms with E-state index in [9.17, 15) is 4.79 Å². The molecule has 3 aliphatic heterocycles. The van der Waals surface area contributed by atoms with E-state index in [1.54, 1.807) is 0 Å². The van der Waals surface area contributed by atoms with E-state index in [2.05, 4.69) is 29.0 Å². The third-order valence-corrected chi connectivity index (χ3v) is 5.80. The first-order valence-corrected chi connectivity index (χ1v) is 8.45. The van der Waals surface area contributed by atoms with Crippen LogP contribution in [0.15, 0.2) is 0 Å². The number of hydrogen-bond acceptors (Lipinski definition) is 3. The Hall–Kier alpha value is -0.610. The number of fused-ring (bicyclic) bond motifs is 1. The van der Waals surface area contributed by atoms with Crippen LogP contribution < -0.4 is 5.32 Å². The molecule has 112 valence electrons. The molecule has 20 heavy (non-hydrogen) atoms. The standard InChI is InChI=1S/C16H27N3O/c1-11(2)10-14-17-16(6-7-16)15(20)19(14)13-5-9-18-8-3-4-12(13)18/h11-14,17H,3-10H2,1-2H3. The molecule has 3 heterocycles. The number of carbonyl (C=O) groups excluding carboxylic acids is 1. The van der Waals surface area contributed by atoms with E-state index in [-0.39, 0.29) is 11.7 Å². The van der Waals surface area contributed by atoms with Crippen molar-refractivity contribution in [2.24, 2.45) is 5.92 Å². The van der Waals surface area contributed by atoms with Crippen molar-refractivity contribution < 1.29 is 4.79 Å². The number of hydrogen-bond donors (Lipinski definition) is 1. The highest BCUT2D eigenvalue weighted by Crippen LogP contribution is 2.46. The van der Waals surface area contributed by atoms with Gasteiger partial charge < -0.3 is 4.90 Å². The Morgan fingerprint density at radius 1 is 1.25 bits per heavy atom. The van der Waals surface area contributed by atoms with Crippen molar-refractivity contribution in [3.05, 3.63) is 0 Å². The summed E-state index contributed by atoms with van der Waals surface area (Å²) in [5.41, 5.74) is -0.147. The van der Waals surface area contributed by atoms with E-state index in [0.29, 0.717) is 23.9 Å². The summed E-state index contributed by atoms with van der Waals surface area (Å²) in [5.74, 6) is 1.06. The minimum absolute atomic E-state index is 0.147. The van der Waals surface area contributed by atoms with Crippen molar-refractivity contribution in [2.45, 2.75) is 76.2 Å². The molecule has 1 aliphatic carbocycles. The largest absolute Gasteiger partial charge is 0.321 e. The Bertz CT molecular complexity index is 418. The van der Waals surface area contributed by atoms with Crippen LogP contribution in [0.3, 0.4) is 0 Å². The van der Waals surface area contributed by atoms with Gasteiger partial charge in [-0.05, 0) is 51.0 Å². The van der Waals surface area contributed by atoms with Crippen molar-refractivity contribution in [1.29, 1.82) is 0 Å². The predicted molar refractivity (Wildman–Crippen MR) is 78.2 cm³/mol. The van der Waals surface area contributed by atoms with E-state index in [0.717, 1.165) is 19.3 Å². The normalized spacial score (nSPS) is 39.2. The fraction of sp³-hybridized carbons (Fsp3) is 0.938. The number of nitrogens with one attached hydrogen (secondary N) is 1. The third kappa shape index (κ3) is 1.84. The lowest BCUT2D eigenvalue weighted by Crippen LogP contribution is -2.49. The molecule has 0 aromatic heterocycles. The molecule has 4 aliphatic rings. The van der Waals surface area contributed by atoms with Gasteiger partial charge in [0.25, 0.3) is 0 Å². The van der Waals surface area contributed by atoms with Gasteiger partial charge in [-0.1, -0.05) is 13.8 Å². The number of rotatable bonds is 3. The van der Waals surface area contributed by atoms with Crippen LogP contribution >= 0.6 is 0 Å². The number of nitrogens with zero attached hydrogens (tertiary/aromatic N) is 2. The van der Waals surface area contributed by atoms with Gasteiger partial charge in [0.2, 0.25) is 5.91 Å². The summed E-state index contributed by atoms with van der Waals surface area (Å²) in [7, 11) is 0. The summed E-state index contributed by atoms with van der Waals surface area (Å²) in [6.07, 6.45) is 7.28. The monoisotopic (exact) mass is 277 g/mol. The molecule has 3 saturated heterocycles. The summed E-state index contributed by atoms with van der Waals surface area (Å²) >= 11 is 0. The second-order valence-electron chi connectivity index (χ2n) is 7.69. The highest BCUT2D eigenvalue weighted by molar-refractivity contribution is 5.92. The van der Waals surface area contributed by atoms with E-state index in [1.165, 1.54) is 32.4 Å². The van der Waals surface area contributed by atoms with Crippen LogP contribution in [0.1, 0.15) is 52.4 Å². The minimum Gasteiger partial charge on any atom is -0.321 e. The van der Waals surface area contributed by atoms with Crippen molar-refractivity contribution in [2.75, 3.05) is 13.1 Å². The second kappa shape index (κ2) is 4.44. The van der Waals surface area contributed by atoms with Gasteiger partial charge in [-0.15, -0.1) is 0 Å². The third-order valence-electron chi connectivity index (χ3n) is 5.80. The fourth-order valence-corrected chi connectivity index (χ4v) is 4.70. The van der Waals surface area contributed by atoms with Gasteiger partial charge in [0.1, 0.15) is 0 Å². The molecular formula is C16H27N3O. The summed E-state index contributed by atoms with van der Waals surface area (Å²) < 4.78 is 0. The molecule has 1 N–H and O–H groups in total. The predicted octanol–water partition coefficient (Wildman–Crippen LogP) is 1.56. The molecule has 4 rings (SSSR count). The summed E-state index contributed by atoms with van der Waals surface area (Å²) in [4.78, 5) is 17.8. The maximum Gasteiger partial charge on any atom is 0.244 e. The molecule has 4 fully saturated rings. The van der Waals surface area contributed by atoms with Crippen LogP contribution in [0, 0.1) is 5.92 Å². The summed E-state index contributed by atoms with van der Waals surface area (Å²) in [6.45, 7) is 6.97. The van der Waals surface area contributed by atoms with E-state index >= 15 is 0 Å². The summed E-state index contributed by atoms with van der Waals surface area (Å²) in [5, 5.41) is 3.69. The van der Waals surface area contributed by atoms with Gasteiger partial charge in [-0.3, -0.25) is 15.0 Å². The smallest absolute Gasteiger partial charge is 0.244 e. The Balaban J connectivity index is 1.58. The Kier molecular flexibility index (Phi) is 2.90. The molecular weight excluding hydrogens is 250 g/mol. The molecule has 0 radical (unpaired) electrons. The van der Waals surface area contributed by atoms with E-state index in [1.807, 2.05) is 0 Å². The van der Waals surface area contributed by atoms with Crippen molar-refractivity contribution in [3.8, 4) is 0 Å². The Morgan fingerprint density at radius 2 is 2.05 bits per heavy atom. The minimum atomic E-state index is -0.147. The van der Waals surface area contributed by atoms with Crippen LogP contribution in [0.4, 0.5) is 0 Å². The molecule has 1 amide bonds. The fourth-order valence-electron chi connectivity index (χ4n) is 4.70. The molecule has 0 aromatic carbocycles. The molecule has 3 atom stereocenters. The van der Waals surface area contributed by atoms with Crippen LogP contribution in [0.5, 0.6) is 0 Å². The van der Waals surface area contributed by atoms with Crippen LogP contribution in [0.2, 0.25) is 0 Å². The second-order valence-corrected chi connectivity index (χ2v) is 7.69. The Labute approximate surface area is 121 Å². The molecule has 1 saturated carbocycles. The van der Waals surface area contributed by atoms with Gasteiger partial charge in [0.15, 0.2) is 0 Å². The van der Waals surface area contributed by atoms with Crippen LogP contribution in [0.25, 0.3) is 0 Å². The average Bonchev–Trinajstić information content (AvgIpc) is 2.76. The lowest BCUT2D eigenvalue weighted by atomic mass is 10.0. The van der Waals surface area contributed by atoms with Crippen molar-refractivity contribution in [3.63, 3.8) is 0 Å². The molecule has 1 spiro atoms. The van der Waals surface area contributed by atoms with E-state index in [4.69, 9.17) is 0 Å². The maximum atomic E-state index is 12.9. The first-order chi connectivity index (χ1) is 9.61. The molecule has 4 heteroatoms. The SMILES string of the molecule is CC(C)CC1NC2(CC2)C(=O)N1C1CCN2CCCC12. The zero-order valence-corrected chi connectivity index (χ0v) is 12.8. The lowest BCUT2D eigenvalue weighted by Gasteiger charge is -2.34. The van der Waals surface area contributed by atoms with Gasteiger partial charge in [-0.25, -0.2) is 0 Å². The molecule has 4 nitrogen and oxygen atoms in total. The van der Waals surface area contributed by atoms with Gasteiger partial charge in [0, 0.05) is 12.6 Å². The van der Waals surface area contributed by atoms with Gasteiger partial charge >= 0.3 is 0 Å². The number of carbonyl (C=O) groups is 1. The zero-order chi connectivity index (χ0) is 13.9. The van der Waals surface area contributed by atoms with Gasteiger partial charge in [-0.2, -0.15) is 0 Å².